The van der Waals surface area contributed by atoms with E-state index in [9.17, 15) is 19.5 Å². The molecule has 1 saturated heterocycles. The molecule has 1 aromatic heterocycles. The SMILES string of the molecule is CC1(C)C(=O)C=CC2(C)C1=C(O)C(=O)C1(C)C2CCC2(C)C(c3ccoc3)CC3OC321.O=C(O)c1cc(O)c(O)c(O)c1. The third-order valence-corrected chi connectivity index (χ3v) is 11.5. The van der Waals surface area contributed by atoms with E-state index in [1.54, 1.807) is 12.3 Å². The smallest absolute Gasteiger partial charge is 0.335 e. The summed E-state index contributed by atoms with van der Waals surface area (Å²) in [5.41, 5.74) is -1.69. The molecule has 10 heteroatoms. The second-order valence-electron chi connectivity index (χ2n) is 13.7. The van der Waals surface area contributed by atoms with Gasteiger partial charge in [0.25, 0.3) is 0 Å². The standard InChI is InChI=1S/C26H30O5.C7H6O5/c1-22(2)17(27)7-9-23(3)16-6-10-24(4)15(14-8-11-30-13-14)12-18-26(24,31-18)25(16,5)21(29)19(28)20(22)23;8-4-1-3(7(11)12)2-5(9)6(4)10/h7-9,11,13,15-16,18,28H,6,10,12H2,1-5H3;1-2,8-10H,(H,11,12). The van der Waals surface area contributed by atoms with Gasteiger partial charge in [0.2, 0.25) is 5.78 Å². The molecule has 1 aliphatic heterocycles. The Morgan fingerprint density at radius 1 is 1.00 bits per heavy atom. The highest BCUT2D eigenvalue weighted by atomic mass is 16.6. The van der Waals surface area contributed by atoms with E-state index in [-0.39, 0.29) is 46.2 Å². The molecule has 4 aliphatic carbocycles. The lowest BCUT2D eigenvalue weighted by Gasteiger charge is -2.62. The van der Waals surface area contributed by atoms with Gasteiger partial charge in [-0.1, -0.05) is 19.9 Å². The van der Waals surface area contributed by atoms with Crippen molar-refractivity contribution in [3.63, 3.8) is 0 Å². The number of hydrogen-bond donors (Lipinski definition) is 5. The number of ether oxygens (including phenoxy) is 1. The molecule has 7 unspecified atom stereocenters. The molecular weight excluding hydrogens is 556 g/mol. The third-order valence-electron chi connectivity index (χ3n) is 11.5. The minimum absolute atomic E-state index is 0.00527. The van der Waals surface area contributed by atoms with E-state index in [0.717, 1.165) is 31.4 Å². The zero-order valence-electron chi connectivity index (χ0n) is 24.7. The maximum absolute atomic E-state index is 14.0. The average molecular weight is 593 g/mol. The predicted molar refractivity (Wildman–Crippen MR) is 152 cm³/mol. The fourth-order valence-electron chi connectivity index (χ4n) is 9.51. The number of carbonyl (C=O) groups excluding carboxylic acids is 2. The molecule has 1 spiro atoms. The summed E-state index contributed by atoms with van der Waals surface area (Å²) >= 11 is 0. The number of aromatic carboxylic acids is 1. The van der Waals surface area contributed by atoms with E-state index in [4.69, 9.17) is 29.6 Å². The number of aromatic hydroxyl groups is 3. The highest BCUT2D eigenvalue weighted by molar-refractivity contribution is 6.06. The number of hydrogen-bond acceptors (Lipinski definition) is 9. The number of benzene rings is 1. The Hall–Kier alpha value is -4.05. The lowest BCUT2D eigenvalue weighted by atomic mass is 9.39. The van der Waals surface area contributed by atoms with E-state index in [1.165, 1.54) is 5.56 Å². The molecule has 10 nitrogen and oxygen atoms in total. The first-order valence-corrected chi connectivity index (χ1v) is 14.4. The van der Waals surface area contributed by atoms with Crippen LogP contribution in [0.3, 0.4) is 0 Å². The number of aliphatic hydroxyl groups excluding tert-OH is 1. The molecule has 2 heterocycles. The molecule has 2 aromatic rings. The lowest BCUT2D eigenvalue weighted by molar-refractivity contribution is -0.162. The Morgan fingerprint density at radius 3 is 2.23 bits per heavy atom. The Labute approximate surface area is 248 Å². The van der Waals surface area contributed by atoms with Crippen molar-refractivity contribution in [1.82, 2.24) is 0 Å². The van der Waals surface area contributed by atoms with Gasteiger partial charge < -0.3 is 34.7 Å². The fourth-order valence-corrected chi connectivity index (χ4v) is 9.51. The number of fused-ring (bicyclic) bond motifs is 3. The minimum Gasteiger partial charge on any atom is -0.504 e. The van der Waals surface area contributed by atoms with E-state index in [0.29, 0.717) is 5.57 Å². The predicted octanol–water partition coefficient (Wildman–Crippen LogP) is 5.39. The number of allylic oxidation sites excluding steroid dienone is 4. The average Bonchev–Trinajstić information content (AvgIpc) is 3.29. The van der Waals surface area contributed by atoms with Gasteiger partial charge in [0.15, 0.2) is 28.8 Å². The van der Waals surface area contributed by atoms with Crippen LogP contribution in [0.4, 0.5) is 0 Å². The first-order valence-electron chi connectivity index (χ1n) is 14.4. The van der Waals surface area contributed by atoms with Gasteiger partial charge in [0.1, 0.15) is 5.60 Å². The molecule has 0 radical (unpaired) electrons. The summed E-state index contributed by atoms with van der Waals surface area (Å²) in [6.45, 7) is 10.0. The molecule has 2 saturated carbocycles. The van der Waals surface area contributed by atoms with Crippen molar-refractivity contribution in [3.8, 4) is 17.2 Å². The number of carboxylic acid groups (broad SMARTS) is 1. The van der Waals surface area contributed by atoms with Gasteiger partial charge in [-0.05, 0) is 87.3 Å². The highest BCUT2D eigenvalue weighted by Gasteiger charge is 2.87. The number of epoxide rings is 1. The van der Waals surface area contributed by atoms with Crippen LogP contribution in [0, 0.1) is 27.6 Å². The van der Waals surface area contributed by atoms with Gasteiger partial charge in [0.05, 0.1) is 35.0 Å². The highest BCUT2D eigenvalue weighted by Crippen LogP contribution is 2.81. The second-order valence-corrected chi connectivity index (χ2v) is 13.7. The zero-order chi connectivity index (χ0) is 31.5. The number of ketones is 2. The maximum Gasteiger partial charge on any atom is 0.335 e. The van der Waals surface area contributed by atoms with Crippen LogP contribution in [-0.2, 0) is 14.3 Å². The monoisotopic (exact) mass is 592 g/mol. The molecule has 0 bridgehead atoms. The molecule has 5 N–H and O–H groups in total. The number of aliphatic hydroxyl groups is 1. The topological polar surface area (TPSA) is 178 Å². The van der Waals surface area contributed by atoms with E-state index >= 15 is 0 Å². The van der Waals surface area contributed by atoms with Gasteiger partial charge in [-0.3, -0.25) is 9.59 Å². The molecule has 228 valence electrons. The first-order chi connectivity index (χ1) is 20.0. The van der Waals surface area contributed by atoms with Gasteiger partial charge in [-0.25, -0.2) is 4.79 Å². The van der Waals surface area contributed by atoms with Crippen molar-refractivity contribution in [2.24, 2.45) is 27.6 Å². The van der Waals surface area contributed by atoms with Crippen LogP contribution in [0.15, 0.2) is 58.6 Å². The summed E-state index contributed by atoms with van der Waals surface area (Å²) in [5, 5.41) is 46.3. The van der Waals surface area contributed by atoms with Crippen LogP contribution in [0.2, 0.25) is 0 Å². The Kier molecular flexibility index (Phi) is 5.91. The number of furan rings is 1. The van der Waals surface area contributed by atoms with E-state index < -0.39 is 45.1 Å². The molecule has 43 heavy (non-hydrogen) atoms. The summed E-state index contributed by atoms with van der Waals surface area (Å²) in [4.78, 5) is 37.1. The van der Waals surface area contributed by atoms with Crippen LogP contribution in [0.5, 0.6) is 17.2 Å². The van der Waals surface area contributed by atoms with Gasteiger partial charge in [-0.15, -0.1) is 0 Å². The van der Waals surface area contributed by atoms with Crippen LogP contribution in [0.1, 0.15) is 75.7 Å². The second kappa shape index (κ2) is 8.75. The van der Waals surface area contributed by atoms with Crippen LogP contribution >= 0.6 is 0 Å². The Bertz CT molecular complexity index is 1610. The van der Waals surface area contributed by atoms with Crippen molar-refractivity contribution in [3.05, 3.63) is 65.3 Å². The number of carboxylic acids is 1. The van der Waals surface area contributed by atoms with Crippen LogP contribution in [-0.4, -0.2) is 54.8 Å². The molecule has 5 aliphatic rings. The Balaban J connectivity index is 0.000000232. The van der Waals surface area contributed by atoms with Crippen LogP contribution in [0.25, 0.3) is 0 Å². The van der Waals surface area contributed by atoms with Gasteiger partial charge in [0, 0.05) is 10.8 Å². The summed E-state index contributed by atoms with van der Waals surface area (Å²) in [6, 6.07) is 3.72. The summed E-state index contributed by atoms with van der Waals surface area (Å²) < 4.78 is 11.9. The quantitative estimate of drug-likeness (QED) is 0.224. The van der Waals surface area contributed by atoms with Crippen molar-refractivity contribution in [1.29, 1.82) is 0 Å². The number of carbonyl (C=O) groups is 3. The van der Waals surface area contributed by atoms with Crippen molar-refractivity contribution >= 4 is 17.5 Å². The van der Waals surface area contributed by atoms with Gasteiger partial charge >= 0.3 is 5.97 Å². The largest absolute Gasteiger partial charge is 0.504 e. The van der Waals surface area contributed by atoms with Crippen LogP contribution < -0.4 is 0 Å². The number of phenols is 3. The number of phenolic OH excluding ortho intramolecular Hbond substituents is 3. The fraction of sp³-hybridized carbons (Fsp3) is 0.485. The first kappa shape index (κ1) is 29.0. The summed E-state index contributed by atoms with van der Waals surface area (Å²) in [6.07, 6.45) is 9.76. The molecule has 3 fully saturated rings. The van der Waals surface area contributed by atoms with Crippen molar-refractivity contribution in [2.75, 3.05) is 0 Å². The van der Waals surface area contributed by atoms with Crippen molar-refractivity contribution in [2.45, 2.75) is 71.5 Å². The third kappa shape index (κ3) is 3.41. The lowest BCUT2D eigenvalue weighted by Crippen LogP contribution is -2.66. The summed E-state index contributed by atoms with van der Waals surface area (Å²) in [5.74, 6) is -3.64. The molecule has 0 amide bonds. The Morgan fingerprint density at radius 2 is 1.65 bits per heavy atom. The van der Waals surface area contributed by atoms with Crippen molar-refractivity contribution < 1.29 is 49.1 Å². The maximum atomic E-state index is 14.0. The molecule has 7 rings (SSSR count). The molecule has 7 atom stereocenters. The minimum atomic E-state index is -1.29. The normalized spacial score (nSPS) is 38.3. The van der Waals surface area contributed by atoms with E-state index in [2.05, 4.69) is 13.8 Å². The van der Waals surface area contributed by atoms with Gasteiger partial charge in [-0.2, -0.15) is 0 Å². The zero-order valence-corrected chi connectivity index (χ0v) is 24.7. The van der Waals surface area contributed by atoms with E-state index in [1.807, 2.05) is 39.2 Å². The summed E-state index contributed by atoms with van der Waals surface area (Å²) in [7, 11) is 0. The number of rotatable bonds is 2. The number of Topliss-reactive ketones (excluding diaryl/α,β-unsaturated/α-hetero) is 1. The molecule has 1 aromatic carbocycles. The molecular formula is C33H36O10.